The highest BCUT2D eigenvalue weighted by atomic mass is 32.1. The number of nitrogens with zero attached hydrogens (tertiary/aromatic N) is 3. The Bertz CT molecular complexity index is 1580. The van der Waals surface area contributed by atoms with E-state index in [9.17, 15) is 0 Å². The molecule has 3 N–H and O–H groups in total. The van der Waals surface area contributed by atoms with Crippen LogP contribution in [0.2, 0.25) is 0 Å². The molecule has 0 saturated heterocycles. The van der Waals surface area contributed by atoms with Gasteiger partial charge in [-0.2, -0.15) is 5.10 Å². The molecule has 0 aliphatic heterocycles. The van der Waals surface area contributed by atoms with Crippen molar-refractivity contribution in [3.8, 4) is 33.1 Å². The van der Waals surface area contributed by atoms with E-state index in [0.29, 0.717) is 6.04 Å². The third-order valence-corrected chi connectivity index (χ3v) is 6.51. The second-order valence-corrected chi connectivity index (χ2v) is 9.30. The largest absolute Gasteiger partial charge is 0.382 e. The van der Waals surface area contributed by atoms with Crippen molar-refractivity contribution in [2.45, 2.75) is 19.9 Å². The van der Waals surface area contributed by atoms with E-state index in [1.165, 1.54) is 15.8 Å². The highest BCUT2D eigenvalue weighted by Gasteiger charge is 2.16. The molecule has 5 aromatic heterocycles. The van der Waals surface area contributed by atoms with Crippen LogP contribution in [0, 0.1) is 0 Å². The lowest BCUT2D eigenvalue weighted by Crippen LogP contribution is -2.09. The van der Waals surface area contributed by atoms with Crippen LogP contribution in [-0.2, 0) is 0 Å². The fourth-order valence-electron chi connectivity index (χ4n) is 4.17. The van der Waals surface area contributed by atoms with Gasteiger partial charge in [-0.15, -0.1) is 11.3 Å². The van der Waals surface area contributed by atoms with Crippen molar-refractivity contribution in [3.05, 3.63) is 72.4 Å². The van der Waals surface area contributed by atoms with E-state index in [0.717, 1.165) is 44.9 Å². The Labute approximate surface area is 194 Å². The van der Waals surface area contributed by atoms with Crippen molar-refractivity contribution < 1.29 is 0 Å². The Morgan fingerprint density at radius 1 is 0.970 bits per heavy atom. The van der Waals surface area contributed by atoms with Crippen LogP contribution in [0.15, 0.2) is 72.4 Å². The van der Waals surface area contributed by atoms with Crippen LogP contribution >= 0.6 is 11.3 Å². The number of fused-ring (bicyclic) bond motifs is 2. The molecule has 0 aliphatic carbocycles. The minimum atomic E-state index is 0.332. The average Bonchev–Trinajstić information content (AvgIpc) is 3.57. The number of pyridine rings is 2. The summed E-state index contributed by atoms with van der Waals surface area (Å²) in [5.74, 6) is 0. The molecule has 6 rings (SSSR count). The zero-order valence-electron chi connectivity index (χ0n) is 18.3. The van der Waals surface area contributed by atoms with Gasteiger partial charge < -0.3 is 10.3 Å². The predicted octanol–water partition coefficient (Wildman–Crippen LogP) is 6.72. The van der Waals surface area contributed by atoms with Crippen molar-refractivity contribution in [2.75, 3.05) is 5.32 Å². The van der Waals surface area contributed by atoms with Crippen LogP contribution in [0.4, 0.5) is 5.69 Å². The normalized spacial score (nSPS) is 11.6. The van der Waals surface area contributed by atoms with Gasteiger partial charge in [0.25, 0.3) is 0 Å². The second kappa shape index (κ2) is 7.86. The molecule has 0 fully saturated rings. The summed E-state index contributed by atoms with van der Waals surface area (Å²) >= 11 is 1.75. The number of aromatic nitrogens is 5. The molecule has 0 atom stereocenters. The van der Waals surface area contributed by atoms with Crippen molar-refractivity contribution in [3.63, 3.8) is 0 Å². The molecule has 6 nitrogen and oxygen atoms in total. The maximum atomic E-state index is 4.97. The van der Waals surface area contributed by atoms with Crippen molar-refractivity contribution in [2.24, 2.45) is 0 Å². The molecule has 0 amide bonds. The lowest BCUT2D eigenvalue weighted by atomic mass is 10.1. The molecule has 0 unspecified atom stereocenters. The van der Waals surface area contributed by atoms with E-state index in [1.807, 2.05) is 24.5 Å². The Morgan fingerprint density at radius 2 is 1.91 bits per heavy atom. The third-order valence-electron chi connectivity index (χ3n) is 5.60. The molecular formula is C26H22N6S. The lowest BCUT2D eigenvalue weighted by molar-refractivity contribution is 0.898. The van der Waals surface area contributed by atoms with Crippen molar-refractivity contribution in [1.29, 1.82) is 0 Å². The van der Waals surface area contributed by atoms with Crippen LogP contribution in [0.1, 0.15) is 13.8 Å². The fourth-order valence-corrected chi connectivity index (χ4v) is 4.94. The first kappa shape index (κ1) is 19.7. The number of H-pyrrole nitrogens is 2. The second-order valence-electron chi connectivity index (χ2n) is 8.35. The van der Waals surface area contributed by atoms with Gasteiger partial charge in [-0.25, -0.2) is 4.98 Å². The number of anilines is 1. The summed E-state index contributed by atoms with van der Waals surface area (Å²) in [4.78, 5) is 14.2. The Balaban J connectivity index is 1.45. The Morgan fingerprint density at radius 3 is 2.76 bits per heavy atom. The van der Waals surface area contributed by atoms with Gasteiger partial charge in [0, 0.05) is 45.3 Å². The summed E-state index contributed by atoms with van der Waals surface area (Å²) in [5.41, 5.74) is 8.59. The molecule has 33 heavy (non-hydrogen) atoms. The maximum Gasteiger partial charge on any atom is 0.135 e. The highest BCUT2D eigenvalue weighted by molar-refractivity contribution is 7.13. The summed E-state index contributed by atoms with van der Waals surface area (Å²) in [6.45, 7) is 4.22. The van der Waals surface area contributed by atoms with E-state index in [1.54, 1.807) is 11.3 Å². The summed E-state index contributed by atoms with van der Waals surface area (Å²) in [6.07, 6.45) is 3.68. The van der Waals surface area contributed by atoms with E-state index < -0.39 is 0 Å². The molecule has 5 heterocycles. The molecule has 0 saturated carbocycles. The number of aromatic amines is 2. The van der Waals surface area contributed by atoms with Gasteiger partial charge in [0.05, 0.1) is 22.6 Å². The van der Waals surface area contributed by atoms with Crippen LogP contribution in [-0.4, -0.2) is 31.2 Å². The zero-order chi connectivity index (χ0) is 22.4. The van der Waals surface area contributed by atoms with E-state index >= 15 is 0 Å². The van der Waals surface area contributed by atoms with Crippen LogP contribution in [0.3, 0.4) is 0 Å². The highest BCUT2D eigenvalue weighted by Crippen LogP contribution is 2.35. The molecule has 0 bridgehead atoms. The van der Waals surface area contributed by atoms with Gasteiger partial charge in [-0.1, -0.05) is 18.2 Å². The number of benzene rings is 1. The molecule has 162 valence electrons. The Hall–Kier alpha value is -3.97. The van der Waals surface area contributed by atoms with Gasteiger partial charge in [-0.3, -0.25) is 10.1 Å². The van der Waals surface area contributed by atoms with Gasteiger partial charge in [0.2, 0.25) is 0 Å². The van der Waals surface area contributed by atoms with E-state index in [2.05, 4.69) is 87.2 Å². The van der Waals surface area contributed by atoms with E-state index in [-0.39, 0.29) is 0 Å². The number of thiophene rings is 1. The number of hydrogen-bond donors (Lipinski definition) is 3. The van der Waals surface area contributed by atoms with Crippen molar-refractivity contribution >= 4 is 39.0 Å². The van der Waals surface area contributed by atoms with Crippen molar-refractivity contribution in [1.82, 2.24) is 25.1 Å². The topological polar surface area (TPSA) is 82.3 Å². The molecule has 7 heteroatoms. The van der Waals surface area contributed by atoms with Gasteiger partial charge in [-0.05, 0) is 55.6 Å². The number of nitrogens with one attached hydrogen (secondary N) is 3. The first-order valence-corrected chi connectivity index (χ1v) is 11.8. The molecule has 1 aromatic carbocycles. The summed E-state index contributed by atoms with van der Waals surface area (Å²) in [7, 11) is 0. The standard InChI is InChI=1S/C26H22N6S/c1-15(2)28-17-11-16(13-27-14-17)20-8-9-22-25(30-20)26(32-31-22)23-12-19-18(24-7-4-10-33-24)5-3-6-21(19)29-23/h3-15,28-29H,1-2H3,(H,31,32). The predicted molar refractivity (Wildman–Crippen MR) is 136 cm³/mol. The number of hydrogen-bond acceptors (Lipinski definition) is 5. The third kappa shape index (κ3) is 3.56. The van der Waals surface area contributed by atoms with Gasteiger partial charge >= 0.3 is 0 Å². The first-order chi connectivity index (χ1) is 16.2. The summed E-state index contributed by atoms with van der Waals surface area (Å²) in [5, 5.41) is 14.4. The molecule has 0 aliphatic rings. The molecule has 0 radical (unpaired) electrons. The monoisotopic (exact) mass is 450 g/mol. The minimum absolute atomic E-state index is 0.332. The summed E-state index contributed by atoms with van der Waals surface area (Å²) in [6, 6.07) is 19.2. The average molecular weight is 451 g/mol. The molecule has 6 aromatic rings. The van der Waals surface area contributed by atoms with Gasteiger partial charge in [0.1, 0.15) is 11.2 Å². The SMILES string of the molecule is CC(C)Nc1cncc(-c2ccc3[nH]nc(-c4cc5c(-c6cccs6)cccc5[nH]4)c3n2)c1. The van der Waals surface area contributed by atoms with Crippen LogP contribution in [0.25, 0.3) is 55.0 Å². The smallest absolute Gasteiger partial charge is 0.135 e. The first-order valence-electron chi connectivity index (χ1n) is 10.9. The van der Waals surface area contributed by atoms with Gasteiger partial charge in [0.15, 0.2) is 0 Å². The van der Waals surface area contributed by atoms with Crippen LogP contribution in [0.5, 0.6) is 0 Å². The lowest BCUT2D eigenvalue weighted by Gasteiger charge is -2.10. The van der Waals surface area contributed by atoms with Crippen LogP contribution < -0.4 is 5.32 Å². The Kier molecular flexibility index (Phi) is 4.69. The zero-order valence-corrected chi connectivity index (χ0v) is 19.1. The number of rotatable bonds is 5. The quantitative estimate of drug-likeness (QED) is 0.272. The molecule has 0 spiro atoms. The summed E-state index contributed by atoms with van der Waals surface area (Å²) < 4.78 is 0. The van der Waals surface area contributed by atoms with E-state index in [4.69, 9.17) is 4.98 Å². The maximum absolute atomic E-state index is 4.97. The molecular weight excluding hydrogens is 428 g/mol. The fraction of sp³-hybridized carbons (Fsp3) is 0.115. The minimum Gasteiger partial charge on any atom is -0.382 e.